The Morgan fingerprint density at radius 3 is 2.57 bits per heavy atom. The predicted octanol–water partition coefficient (Wildman–Crippen LogP) is 5.01. The number of rotatable bonds is 3. The highest BCUT2D eigenvalue weighted by molar-refractivity contribution is 5.32. The second-order valence-corrected chi connectivity index (χ2v) is 6.13. The normalized spacial score (nSPS) is 17.6. The molecule has 0 radical (unpaired) electrons. The zero-order chi connectivity index (χ0) is 14.8. The number of aryl methyl sites for hydroxylation is 3. The Balaban J connectivity index is 1.66. The second-order valence-electron chi connectivity index (χ2n) is 6.13. The van der Waals surface area contributed by atoms with Crippen molar-refractivity contribution in [3.8, 4) is 0 Å². The van der Waals surface area contributed by atoms with Crippen LogP contribution in [0.4, 0.5) is 8.78 Å². The van der Waals surface area contributed by atoms with Crippen LogP contribution in [-0.4, -0.2) is 0 Å². The molecule has 2 aromatic carbocycles. The van der Waals surface area contributed by atoms with E-state index in [1.54, 1.807) is 6.07 Å². The van der Waals surface area contributed by atoms with E-state index in [1.165, 1.54) is 17.2 Å². The van der Waals surface area contributed by atoms with Gasteiger partial charge >= 0.3 is 0 Å². The summed E-state index contributed by atoms with van der Waals surface area (Å²) in [5, 5.41) is 0. The molecule has 0 aromatic heterocycles. The maximum atomic E-state index is 13.9. The van der Waals surface area contributed by atoms with Crippen molar-refractivity contribution in [1.29, 1.82) is 0 Å². The SMILES string of the molecule is Cc1ccc(CCC2CCc3ccc(F)c(F)c3C2)cc1. The Bertz CT molecular complexity index is 629. The third kappa shape index (κ3) is 3.15. The lowest BCUT2D eigenvalue weighted by Gasteiger charge is -2.25. The minimum Gasteiger partial charge on any atom is -0.204 e. The molecule has 1 aliphatic carbocycles. The van der Waals surface area contributed by atoms with E-state index in [1.807, 2.05) is 0 Å². The van der Waals surface area contributed by atoms with Gasteiger partial charge in [-0.2, -0.15) is 0 Å². The van der Waals surface area contributed by atoms with Crippen LogP contribution < -0.4 is 0 Å². The molecule has 0 spiro atoms. The van der Waals surface area contributed by atoms with Gasteiger partial charge < -0.3 is 0 Å². The lowest BCUT2D eigenvalue weighted by molar-refractivity contribution is 0.405. The van der Waals surface area contributed by atoms with Crippen LogP contribution >= 0.6 is 0 Å². The average molecular weight is 286 g/mol. The van der Waals surface area contributed by atoms with Crippen LogP contribution in [0.15, 0.2) is 36.4 Å². The molecule has 0 nitrogen and oxygen atoms in total. The van der Waals surface area contributed by atoms with Crippen LogP contribution in [0.1, 0.15) is 35.1 Å². The van der Waals surface area contributed by atoms with E-state index in [0.717, 1.165) is 31.2 Å². The lowest BCUT2D eigenvalue weighted by Crippen LogP contribution is -2.17. The Morgan fingerprint density at radius 2 is 1.81 bits per heavy atom. The van der Waals surface area contributed by atoms with Gasteiger partial charge in [-0.15, -0.1) is 0 Å². The first-order valence-corrected chi connectivity index (χ1v) is 7.65. The molecule has 0 amide bonds. The summed E-state index contributed by atoms with van der Waals surface area (Å²) < 4.78 is 27.2. The summed E-state index contributed by atoms with van der Waals surface area (Å²) in [5.74, 6) is -0.893. The molecule has 0 fully saturated rings. The van der Waals surface area contributed by atoms with Crippen LogP contribution in [0.25, 0.3) is 0 Å². The van der Waals surface area contributed by atoms with E-state index in [-0.39, 0.29) is 0 Å². The number of fused-ring (bicyclic) bond motifs is 1. The lowest BCUT2D eigenvalue weighted by atomic mass is 9.81. The van der Waals surface area contributed by atoms with Crippen molar-refractivity contribution in [2.45, 2.75) is 39.0 Å². The molecule has 21 heavy (non-hydrogen) atoms. The van der Waals surface area contributed by atoms with Crippen LogP contribution in [0.2, 0.25) is 0 Å². The van der Waals surface area contributed by atoms with Gasteiger partial charge in [-0.1, -0.05) is 35.9 Å². The van der Waals surface area contributed by atoms with E-state index in [0.29, 0.717) is 17.9 Å². The Kier molecular flexibility index (Phi) is 4.05. The number of halogens is 2. The van der Waals surface area contributed by atoms with Gasteiger partial charge in [-0.3, -0.25) is 0 Å². The molecule has 1 atom stereocenters. The van der Waals surface area contributed by atoms with Gasteiger partial charge in [0.1, 0.15) is 0 Å². The van der Waals surface area contributed by atoms with E-state index in [4.69, 9.17) is 0 Å². The molecule has 0 bridgehead atoms. The molecule has 2 heteroatoms. The zero-order valence-electron chi connectivity index (χ0n) is 12.3. The van der Waals surface area contributed by atoms with Gasteiger partial charge in [0.15, 0.2) is 11.6 Å². The molecule has 110 valence electrons. The first kappa shape index (κ1) is 14.2. The number of benzene rings is 2. The fourth-order valence-corrected chi connectivity index (χ4v) is 3.21. The van der Waals surface area contributed by atoms with Crippen molar-refractivity contribution in [2.24, 2.45) is 5.92 Å². The van der Waals surface area contributed by atoms with Crippen molar-refractivity contribution < 1.29 is 8.78 Å². The van der Waals surface area contributed by atoms with Gasteiger partial charge in [0, 0.05) is 0 Å². The molecule has 3 rings (SSSR count). The molecule has 0 saturated heterocycles. The van der Waals surface area contributed by atoms with Gasteiger partial charge in [-0.05, 0) is 67.7 Å². The summed E-state index contributed by atoms with van der Waals surface area (Å²) in [6.45, 7) is 2.08. The molecular weight excluding hydrogens is 266 g/mol. The summed E-state index contributed by atoms with van der Waals surface area (Å²) in [7, 11) is 0. The maximum absolute atomic E-state index is 13.9. The molecule has 2 aromatic rings. The molecular formula is C19H20F2. The first-order valence-electron chi connectivity index (χ1n) is 7.65. The van der Waals surface area contributed by atoms with Gasteiger partial charge in [0.05, 0.1) is 0 Å². The van der Waals surface area contributed by atoms with Gasteiger partial charge in [-0.25, -0.2) is 8.78 Å². The smallest absolute Gasteiger partial charge is 0.162 e. The van der Waals surface area contributed by atoms with Crippen molar-refractivity contribution >= 4 is 0 Å². The highest BCUT2D eigenvalue weighted by Crippen LogP contribution is 2.31. The fourth-order valence-electron chi connectivity index (χ4n) is 3.21. The van der Waals surface area contributed by atoms with Crippen LogP contribution in [-0.2, 0) is 19.3 Å². The zero-order valence-corrected chi connectivity index (χ0v) is 12.3. The van der Waals surface area contributed by atoms with Crippen molar-refractivity contribution in [3.63, 3.8) is 0 Å². The van der Waals surface area contributed by atoms with E-state index in [9.17, 15) is 8.78 Å². The molecule has 1 aliphatic rings. The van der Waals surface area contributed by atoms with Crippen molar-refractivity contribution in [3.05, 3.63) is 70.3 Å². The molecule has 0 N–H and O–H groups in total. The van der Waals surface area contributed by atoms with E-state index in [2.05, 4.69) is 31.2 Å². The van der Waals surface area contributed by atoms with Crippen LogP contribution in [0.5, 0.6) is 0 Å². The third-order valence-corrected chi connectivity index (χ3v) is 4.57. The molecule has 0 aliphatic heterocycles. The van der Waals surface area contributed by atoms with Crippen molar-refractivity contribution in [1.82, 2.24) is 0 Å². The molecule has 0 heterocycles. The standard InChI is InChI=1S/C19H20F2/c1-13-2-4-14(5-3-13)6-7-15-8-9-16-10-11-18(20)19(21)17(16)12-15/h2-5,10-11,15H,6-9,12H2,1H3. The van der Waals surface area contributed by atoms with Gasteiger partial charge in [0.2, 0.25) is 0 Å². The van der Waals surface area contributed by atoms with Crippen LogP contribution in [0.3, 0.4) is 0 Å². The minimum atomic E-state index is -0.715. The topological polar surface area (TPSA) is 0 Å². The Hall–Kier alpha value is -1.70. The quantitative estimate of drug-likeness (QED) is 0.744. The highest BCUT2D eigenvalue weighted by Gasteiger charge is 2.23. The first-order chi connectivity index (χ1) is 10.1. The Labute approximate surface area is 124 Å². The van der Waals surface area contributed by atoms with Crippen LogP contribution in [0, 0.1) is 24.5 Å². The van der Waals surface area contributed by atoms with Crippen molar-refractivity contribution in [2.75, 3.05) is 0 Å². The second kappa shape index (κ2) is 5.97. The summed E-state index contributed by atoms with van der Waals surface area (Å²) in [6.07, 6.45) is 4.66. The monoisotopic (exact) mass is 286 g/mol. The van der Waals surface area contributed by atoms with E-state index < -0.39 is 11.6 Å². The predicted molar refractivity (Wildman–Crippen MR) is 81.4 cm³/mol. The summed E-state index contributed by atoms with van der Waals surface area (Å²) in [5.41, 5.74) is 4.18. The number of hydrogen-bond acceptors (Lipinski definition) is 0. The summed E-state index contributed by atoms with van der Waals surface area (Å²) in [4.78, 5) is 0. The average Bonchev–Trinajstić information content (AvgIpc) is 2.51. The van der Waals surface area contributed by atoms with E-state index >= 15 is 0 Å². The highest BCUT2D eigenvalue weighted by atomic mass is 19.2. The minimum absolute atomic E-state index is 0.454. The molecule has 0 saturated carbocycles. The maximum Gasteiger partial charge on any atom is 0.162 e. The third-order valence-electron chi connectivity index (χ3n) is 4.57. The number of hydrogen-bond donors (Lipinski definition) is 0. The molecule has 1 unspecified atom stereocenters. The Morgan fingerprint density at radius 1 is 1.05 bits per heavy atom. The largest absolute Gasteiger partial charge is 0.204 e. The van der Waals surface area contributed by atoms with Gasteiger partial charge in [0.25, 0.3) is 0 Å². The summed E-state index contributed by atoms with van der Waals surface area (Å²) in [6, 6.07) is 11.6. The fraction of sp³-hybridized carbons (Fsp3) is 0.368. The summed E-state index contributed by atoms with van der Waals surface area (Å²) >= 11 is 0.